The summed E-state index contributed by atoms with van der Waals surface area (Å²) in [6.45, 7) is 1.99. The van der Waals surface area contributed by atoms with Crippen molar-refractivity contribution in [3.05, 3.63) is 57.3 Å². The Morgan fingerprint density at radius 3 is 2.85 bits per heavy atom. The molecule has 20 heavy (non-hydrogen) atoms. The van der Waals surface area contributed by atoms with Crippen LogP contribution < -0.4 is 0 Å². The molecule has 3 rings (SSSR count). The van der Waals surface area contributed by atoms with Crippen molar-refractivity contribution < 1.29 is 5.11 Å². The van der Waals surface area contributed by atoms with E-state index in [0.29, 0.717) is 0 Å². The summed E-state index contributed by atoms with van der Waals surface area (Å²) in [7, 11) is 0. The van der Waals surface area contributed by atoms with Crippen molar-refractivity contribution in [2.75, 3.05) is 0 Å². The summed E-state index contributed by atoms with van der Waals surface area (Å²) >= 11 is 1.54. The lowest BCUT2D eigenvalue weighted by atomic mass is 9.67. The van der Waals surface area contributed by atoms with Crippen LogP contribution in [0.1, 0.15) is 40.5 Å². The highest BCUT2D eigenvalue weighted by molar-refractivity contribution is 7.10. The van der Waals surface area contributed by atoms with Crippen LogP contribution in [0.15, 0.2) is 35.7 Å². The van der Waals surface area contributed by atoms with Crippen LogP contribution in [-0.4, -0.2) is 5.11 Å². The first kappa shape index (κ1) is 13.4. The number of hydrogen-bond donors (Lipinski definition) is 1. The number of fused-ring (bicyclic) bond motifs is 1. The van der Waals surface area contributed by atoms with E-state index in [2.05, 4.69) is 12.1 Å². The number of thiophene rings is 1. The Morgan fingerprint density at radius 2 is 2.15 bits per heavy atom. The average molecular weight is 283 g/mol. The number of aliphatic hydroxyl groups excluding tert-OH is 1. The van der Waals surface area contributed by atoms with Gasteiger partial charge in [0.2, 0.25) is 0 Å². The molecule has 2 nitrogen and oxygen atoms in total. The summed E-state index contributed by atoms with van der Waals surface area (Å²) in [6, 6.07) is 12.5. The number of rotatable bonds is 2. The summed E-state index contributed by atoms with van der Waals surface area (Å²) in [4.78, 5) is 0.920. The number of aliphatic hydroxyl groups is 1. The van der Waals surface area contributed by atoms with E-state index in [-0.39, 0.29) is 0 Å². The maximum Gasteiger partial charge on any atom is 0.113 e. The second kappa shape index (κ2) is 5.05. The van der Waals surface area contributed by atoms with Crippen LogP contribution in [0.25, 0.3) is 0 Å². The highest BCUT2D eigenvalue weighted by Crippen LogP contribution is 2.47. The number of aryl methyl sites for hydroxylation is 2. The van der Waals surface area contributed by atoms with Gasteiger partial charge in [0.05, 0.1) is 6.07 Å². The van der Waals surface area contributed by atoms with Crippen molar-refractivity contribution >= 4 is 11.3 Å². The molecular weight excluding hydrogens is 266 g/mol. The Balaban J connectivity index is 2.15. The van der Waals surface area contributed by atoms with Crippen LogP contribution in [0.3, 0.4) is 0 Å². The Labute approximate surface area is 123 Å². The molecular formula is C17H17NOS. The van der Waals surface area contributed by atoms with E-state index in [0.717, 1.165) is 35.3 Å². The van der Waals surface area contributed by atoms with E-state index in [1.165, 1.54) is 16.9 Å². The van der Waals surface area contributed by atoms with E-state index in [1.54, 1.807) is 0 Å². The summed E-state index contributed by atoms with van der Waals surface area (Å²) in [5.74, 6) is 0. The van der Waals surface area contributed by atoms with Gasteiger partial charge in [-0.25, -0.2) is 0 Å². The van der Waals surface area contributed by atoms with E-state index in [1.807, 2.05) is 36.6 Å². The monoisotopic (exact) mass is 283 g/mol. The Hall–Kier alpha value is -1.63. The molecule has 3 heteroatoms. The zero-order valence-corrected chi connectivity index (χ0v) is 12.3. The van der Waals surface area contributed by atoms with Gasteiger partial charge in [0.15, 0.2) is 0 Å². The first-order valence-electron chi connectivity index (χ1n) is 6.91. The highest BCUT2D eigenvalue weighted by Gasteiger charge is 2.44. The van der Waals surface area contributed by atoms with Gasteiger partial charge < -0.3 is 5.11 Å². The van der Waals surface area contributed by atoms with Crippen LogP contribution in [0.5, 0.6) is 0 Å². The fourth-order valence-electron chi connectivity index (χ4n) is 3.22. The first-order valence-corrected chi connectivity index (χ1v) is 7.79. The molecule has 1 heterocycles. The van der Waals surface area contributed by atoms with Crippen LogP contribution >= 0.6 is 11.3 Å². The summed E-state index contributed by atoms with van der Waals surface area (Å²) in [5.41, 5.74) is 2.48. The SMILES string of the molecule is Cc1ccsc1C(O)C1(C#N)CCCc2ccccc21. The molecule has 0 saturated heterocycles. The molecule has 0 radical (unpaired) electrons. The molecule has 2 aromatic rings. The molecule has 102 valence electrons. The van der Waals surface area contributed by atoms with Crippen molar-refractivity contribution in [2.45, 2.75) is 37.7 Å². The molecule has 0 bridgehead atoms. The third kappa shape index (κ3) is 1.88. The van der Waals surface area contributed by atoms with Crippen LogP contribution in [0.4, 0.5) is 0 Å². The summed E-state index contributed by atoms with van der Waals surface area (Å²) in [5, 5.41) is 22.7. The molecule has 2 unspecified atom stereocenters. The maximum absolute atomic E-state index is 10.9. The summed E-state index contributed by atoms with van der Waals surface area (Å²) in [6.07, 6.45) is 1.93. The van der Waals surface area contributed by atoms with Crippen molar-refractivity contribution in [3.63, 3.8) is 0 Å². The predicted molar refractivity (Wildman–Crippen MR) is 80.7 cm³/mol. The number of benzene rings is 1. The molecule has 0 saturated carbocycles. The number of nitriles is 1. The van der Waals surface area contributed by atoms with Gasteiger partial charge in [0, 0.05) is 4.88 Å². The molecule has 0 spiro atoms. The molecule has 1 N–H and O–H groups in total. The van der Waals surface area contributed by atoms with E-state index < -0.39 is 11.5 Å². The molecule has 0 fully saturated rings. The zero-order valence-electron chi connectivity index (χ0n) is 11.5. The Kier molecular flexibility index (Phi) is 3.37. The molecule has 0 amide bonds. The van der Waals surface area contributed by atoms with Gasteiger partial charge in [-0.2, -0.15) is 5.26 Å². The minimum atomic E-state index is -0.801. The Morgan fingerprint density at radius 1 is 1.35 bits per heavy atom. The van der Waals surface area contributed by atoms with Gasteiger partial charge in [-0.05, 0) is 54.3 Å². The van der Waals surface area contributed by atoms with Gasteiger partial charge in [-0.1, -0.05) is 24.3 Å². The fourth-order valence-corrected chi connectivity index (χ4v) is 4.22. The minimum Gasteiger partial charge on any atom is -0.386 e. The second-order valence-electron chi connectivity index (χ2n) is 5.46. The topological polar surface area (TPSA) is 44.0 Å². The second-order valence-corrected chi connectivity index (χ2v) is 6.41. The van der Waals surface area contributed by atoms with E-state index in [9.17, 15) is 10.4 Å². The molecule has 1 aromatic carbocycles. The molecule has 2 atom stereocenters. The first-order chi connectivity index (χ1) is 9.69. The van der Waals surface area contributed by atoms with Crippen LogP contribution in [0, 0.1) is 18.3 Å². The zero-order chi connectivity index (χ0) is 14.2. The quantitative estimate of drug-likeness (QED) is 0.908. The standard InChI is InChI=1S/C17H17NOS/c1-12-8-10-20-15(12)16(19)17(11-18)9-4-6-13-5-2-3-7-14(13)17/h2-3,5,7-8,10,16,19H,4,6,9H2,1H3. The smallest absolute Gasteiger partial charge is 0.113 e. The Bertz CT molecular complexity index is 670. The largest absolute Gasteiger partial charge is 0.386 e. The predicted octanol–water partition coefficient (Wildman–Crippen LogP) is 3.89. The molecule has 0 aliphatic heterocycles. The summed E-state index contributed by atoms with van der Waals surface area (Å²) < 4.78 is 0. The third-order valence-electron chi connectivity index (χ3n) is 4.33. The van der Waals surface area contributed by atoms with Crippen LogP contribution in [0.2, 0.25) is 0 Å². The van der Waals surface area contributed by atoms with Crippen molar-refractivity contribution in [1.82, 2.24) is 0 Å². The fraction of sp³-hybridized carbons (Fsp3) is 0.353. The lowest BCUT2D eigenvalue weighted by Gasteiger charge is -2.37. The van der Waals surface area contributed by atoms with Crippen molar-refractivity contribution in [3.8, 4) is 6.07 Å². The van der Waals surface area contributed by atoms with E-state index >= 15 is 0 Å². The molecule has 1 aliphatic rings. The number of nitrogens with zero attached hydrogens (tertiary/aromatic N) is 1. The molecule has 1 aromatic heterocycles. The van der Waals surface area contributed by atoms with Gasteiger partial charge in [0.1, 0.15) is 11.5 Å². The average Bonchev–Trinajstić information content (AvgIpc) is 2.92. The molecule has 1 aliphatic carbocycles. The van der Waals surface area contributed by atoms with Crippen molar-refractivity contribution in [1.29, 1.82) is 5.26 Å². The van der Waals surface area contributed by atoms with E-state index in [4.69, 9.17) is 0 Å². The van der Waals surface area contributed by atoms with Gasteiger partial charge in [-0.15, -0.1) is 11.3 Å². The van der Waals surface area contributed by atoms with Crippen LogP contribution in [-0.2, 0) is 11.8 Å². The normalized spacial score (nSPS) is 22.9. The van der Waals surface area contributed by atoms with Gasteiger partial charge in [-0.3, -0.25) is 0 Å². The highest BCUT2D eigenvalue weighted by atomic mass is 32.1. The minimum absolute atomic E-state index is 0.721. The maximum atomic E-state index is 10.9. The van der Waals surface area contributed by atoms with Crippen molar-refractivity contribution in [2.24, 2.45) is 0 Å². The lowest BCUT2D eigenvalue weighted by Crippen LogP contribution is -2.36. The number of hydrogen-bond acceptors (Lipinski definition) is 3. The lowest BCUT2D eigenvalue weighted by molar-refractivity contribution is 0.102. The van der Waals surface area contributed by atoms with Gasteiger partial charge >= 0.3 is 0 Å². The third-order valence-corrected chi connectivity index (χ3v) is 5.40. The van der Waals surface area contributed by atoms with Gasteiger partial charge in [0.25, 0.3) is 0 Å².